The minimum atomic E-state index is -0.567. The SMILES string of the molecule is CCCNC(=O)c1ccc(N(C)[C@@H](CN2CC[C@H](O)C2)c2cccc(OCC(=O)OC(C)(C)C)c2)cc1. The number of hydrogen-bond acceptors (Lipinski definition) is 7. The average Bonchev–Trinajstić information content (AvgIpc) is 3.28. The summed E-state index contributed by atoms with van der Waals surface area (Å²) in [5, 5.41) is 13.0. The minimum Gasteiger partial charge on any atom is -0.482 e. The molecule has 1 amide bonds. The molecule has 8 nitrogen and oxygen atoms in total. The topological polar surface area (TPSA) is 91.3 Å². The summed E-state index contributed by atoms with van der Waals surface area (Å²) in [6.07, 6.45) is 1.34. The maximum atomic E-state index is 12.3. The monoisotopic (exact) mass is 511 g/mol. The summed E-state index contributed by atoms with van der Waals surface area (Å²) in [4.78, 5) is 28.9. The van der Waals surface area contributed by atoms with Crippen LogP contribution in [-0.4, -0.2) is 73.4 Å². The van der Waals surface area contributed by atoms with Crippen molar-refractivity contribution in [1.29, 1.82) is 0 Å². The summed E-state index contributed by atoms with van der Waals surface area (Å²) in [5.74, 6) is 0.0975. The van der Waals surface area contributed by atoms with E-state index in [-0.39, 0.29) is 24.7 Å². The number of carbonyl (C=O) groups excluding carboxylic acids is 2. The van der Waals surface area contributed by atoms with Crippen molar-refractivity contribution in [2.24, 2.45) is 0 Å². The number of hydrogen-bond donors (Lipinski definition) is 2. The van der Waals surface area contributed by atoms with E-state index in [4.69, 9.17) is 9.47 Å². The molecule has 8 heteroatoms. The number of aliphatic hydroxyl groups excluding tert-OH is 1. The lowest BCUT2D eigenvalue weighted by atomic mass is 10.0. The molecular formula is C29H41N3O5. The second-order valence-electron chi connectivity index (χ2n) is 10.6. The van der Waals surface area contributed by atoms with Crippen molar-refractivity contribution < 1.29 is 24.2 Å². The Hall–Kier alpha value is -3.10. The number of esters is 1. The van der Waals surface area contributed by atoms with E-state index >= 15 is 0 Å². The smallest absolute Gasteiger partial charge is 0.344 e. The number of aliphatic hydroxyl groups is 1. The summed E-state index contributed by atoms with van der Waals surface area (Å²) < 4.78 is 11.1. The molecule has 0 bridgehead atoms. The molecule has 1 fully saturated rings. The number of nitrogens with one attached hydrogen (secondary N) is 1. The maximum Gasteiger partial charge on any atom is 0.344 e. The van der Waals surface area contributed by atoms with Gasteiger partial charge in [-0.25, -0.2) is 4.79 Å². The fourth-order valence-electron chi connectivity index (χ4n) is 4.37. The van der Waals surface area contributed by atoms with E-state index in [1.165, 1.54) is 0 Å². The van der Waals surface area contributed by atoms with Gasteiger partial charge in [-0.15, -0.1) is 0 Å². The third-order valence-corrected chi connectivity index (χ3v) is 6.24. The van der Waals surface area contributed by atoms with Crippen LogP contribution in [0.2, 0.25) is 0 Å². The van der Waals surface area contributed by atoms with Crippen LogP contribution < -0.4 is 15.0 Å². The van der Waals surface area contributed by atoms with E-state index in [0.717, 1.165) is 30.6 Å². The first kappa shape index (κ1) is 28.5. The van der Waals surface area contributed by atoms with Crippen LogP contribution in [0.4, 0.5) is 5.69 Å². The first-order valence-electron chi connectivity index (χ1n) is 13.0. The molecule has 2 atom stereocenters. The van der Waals surface area contributed by atoms with E-state index < -0.39 is 11.6 Å². The predicted molar refractivity (Wildman–Crippen MR) is 145 cm³/mol. The van der Waals surface area contributed by atoms with Gasteiger partial charge in [0.05, 0.1) is 12.1 Å². The normalized spacial score (nSPS) is 16.8. The van der Waals surface area contributed by atoms with Crippen molar-refractivity contribution in [2.45, 2.75) is 58.3 Å². The van der Waals surface area contributed by atoms with Crippen LogP contribution in [0.25, 0.3) is 0 Å². The third kappa shape index (κ3) is 8.76. The molecule has 37 heavy (non-hydrogen) atoms. The Labute approximate surface area is 220 Å². The van der Waals surface area contributed by atoms with Gasteiger partial charge in [-0.3, -0.25) is 9.69 Å². The van der Waals surface area contributed by atoms with Gasteiger partial charge in [0, 0.05) is 44.5 Å². The highest BCUT2D eigenvalue weighted by atomic mass is 16.6. The molecule has 1 heterocycles. The molecule has 1 aliphatic rings. The van der Waals surface area contributed by atoms with Gasteiger partial charge in [0.15, 0.2) is 6.61 Å². The van der Waals surface area contributed by atoms with Crippen LogP contribution in [0, 0.1) is 0 Å². The molecule has 0 saturated carbocycles. The molecule has 2 aromatic rings. The van der Waals surface area contributed by atoms with Crippen LogP contribution in [0.15, 0.2) is 48.5 Å². The molecule has 0 aliphatic carbocycles. The van der Waals surface area contributed by atoms with Crippen molar-refractivity contribution >= 4 is 17.6 Å². The average molecular weight is 512 g/mol. The molecule has 0 unspecified atom stereocenters. The lowest BCUT2D eigenvalue weighted by Crippen LogP contribution is -2.36. The van der Waals surface area contributed by atoms with Crippen molar-refractivity contribution in [2.75, 3.05) is 44.7 Å². The summed E-state index contributed by atoms with van der Waals surface area (Å²) in [7, 11) is 2.03. The van der Waals surface area contributed by atoms with Gasteiger partial charge in [0.2, 0.25) is 0 Å². The van der Waals surface area contributed by atoms with E-state index in [1.807, 2.05) is 83.3 Å². The number of nitrogens with zero attached hydrogens (tertiary/aromatic N) is 2. The van der Waals surface area contributed by atoms with Gasteiger partial charge in [-0.1, -0.05) is 19.1 Å². The number of carbonyl (C=O) groups is 2. The first-order chi connectivity index (χ1) is 17.6. The van der Waals surface area contributed by atoms with E-state index in [1.54, 1.807) is 0 Å². The van der Waals surface area contributed by atoms with Crippen LogP contribution in [0.3, 0.4) is 0 Å². The molecule has 1 saturated heterocycles. The predicted octanol–water partition coefficient (Wildman–Crippen LogP) is 3.79. The maximum absolute atomic E-state index is 12.3. The van der Waals surface area contributed by atoms with Gasteiger partial charge in [0.1, 0.15) is 11.4 Å². The number of rotatable bonds is 11. The number of likely N-dealkylation sites (tertiary alicyclic amines) is 1. The van der Waals surface area contributed by atoms with Crippen molar-refractivity contribution in [3.63, 3.8) is 0 Å². The van der Waals surface area contributed by atoms with Gasteiger partial charge in [-0.2, -0.15) is 0 Å². The highest BCUT2D eigenvalue weighted by Gasteiger charge is 2.27. The van der Waals surface area contributed by atoms with Crippen molar-refractivity contribution in [3.05, 3.63) is 59.7 Å². The molecular weight excluding hydrogens is 470 g/mol. The second-order valence-corrected chi connectivity index (χ2v) is 10.6. The molecule has 2 aromatic carbocycles. The van der Waals surface area contributed by atoms with Crippen LogP contribution in [0.5, 0.6) is 5.75 Å². The highest BCUT2D eigenvalue weighted by Crippen LogP contribution is 2.30. The molecule has 202 valence electrons. The van der Waals surface area contributed by atoms with Gasteiger partial charge >= 0.3 is 5.97 Å². The minimum absolute atomic E-state index is 0.0462. The largest absolute Gasteiger partial charge is 0.482 e. The number of amides is 1. The van der Waals surface area contributed by atoms with Gasteiger partial charge in [0.25, 0.3) is 5.91 Å². The standard InChI is InChI=1S/C29H41N3O5/c1-6-15-30-28(35)21-10-12-23(13-11-21)31(5)26(19-32-16-14-24(33)18-32)22-8-7-9-25(17-22)36-20-27(34)37-29(2,3)4/h7-13,17,24,26,33H,6,14-16,18-20H2,1-5H3,(H,30,35)/t24-,26-/m0/s1. The molecule has 0 aromatic heterocycles. The Balaban J connectivity index is 1.78. The summed E-state index contributed by atoms with van der Waals surface area (Å²) in [6.45, 7) is 10.2. The summed E-state index contributed by atoms with van der Waals surface area (Å²) in [6, 6.07) is 15.3. The van der Waals surface area contributed by atoms with Gasteiger partial charge < -0.3 is 24.8 Å². The number of anilines is 1. The number of likely N-dealkylation sites (N-methyl/N-ethyl adjacent to an activating group) is 1. The third-order valence-electron chi connectivity index (χ3n) is 6.24. The lowest BCUT2D eigenvalue weighted by Gasteiger charge is -2.34. The van der Waals surface area contributed by atoms with E-state index in [0.29, 0.717) is 30.9 Å². The van der Waals surface area contributed by atoms with E-state index in [9.17, 15) is 14.7 Å². The highest BCUT2D eigenvalue weighted by molar-refractivity contribution is 5.94. The second kappa shape index (κ2) is 12.9. The lowest BCUT2D eigenvalue weighted by molar-refractivity contribution is -0.157. The van der Waals surface area contributed by atoms with Crippen molar-refractivity contribution in [3.8, 4) is 5.75 Å². The fraction of sp³-hybridized carbons (Fsp3) is 0.517. The van der Waals surface area contributed by atoms with E-state index in [2.05, 4.69) is 15.1 Å². The van der Waals surface area contributed by atoms with Crippen LogP contribution >= 0.6 is 0 Å². The molecule has 0 spiro atoms. The summed E-state index contributed by atoms with van der Waals surface area (Å²) in [5.41, 5.74) is 2.05. The summed E-state index contributed by atoms with van der Waals surface area (Å²) >= 11 is 0. The molecule has 0 radical (unpaired) electrons. The number of β-amino-alcohol motifs (C(OH)–C–C–N with tert-alkyl or cyclic N) is 1. The Morgan fingerprint density at radius 1 is 1.19 bits per heavy atom. The Kier molecular flexibility index (Phi) is 9.94. The molecule has 2 N–H and O–H groups in total. The van der Waals surface area contributed by atoms with Crippen LogP contribution in [0.1, 0.15) is 62.5 Å². The number of benzene rings is 2. The Bertz CT molecular complexity index is 1030. The Morgan fingerprint density at radius 3 is 2.54 bits per heavy atom. The van der Waals surface area contributed by atoms with Gasteiger partial charge in [-0.05, 0) is 75.6 Å². The quantitative estimate of drug-likeness (QED) is 0.444. The zero-order chi connectivity index (χ0) is 27.0. The Morgan fingerprint density at radius 2 is 1.92 bits per heavy atom. The van der Waals surface area contributed by atoms with Crippen molar-refractivity contribution in [1.82, 2.24) is 10.2 Å². The molecule has 1 aliphatic heterocycles. The zero-order valence-electron chi connectivity index (χ0n) is 22.7. The zero-order valence-corrected chi connectivity index (χ0v) is 22.7. The fourth-order valence-corrected chi connectivity index (χ4v) is 4.37. The van der Waals surface area contributed by atoms with Crippen LogP contribution in [-0.2, 0) is 9.53 Å². The molecule has 3 rings (SSSR count). The first-order valence-corrected chi connectivity index (χ1v) is 13.0. The number of ether oxygens (including phenoxy) is 2.